The first-order chi connectivity index (χ1) is 9.79. The Bertz CT molecular complexity index is 301. The van der Waals surface area contributed by atoms with Crippen LogP contribution in [0.5, 0.6) is 0 Å². The maximum absolute atomic E-state index is 12.0. The zero-order chi connectivity index (χ0) is 14.2. The first kappa shape index (κ1) is 19.1. The predicted octanol–water partition coefficient (Wildman–Crippen LogP) is 1.74. The van der Waals surface area contributed by atoms with Gasteiger partial charge in [0.25, 0.3) is 0 Å². The van der Waals surface area contributed by atoms with Gasteiger partial charge >= 0.3 is 0 Å². The van der Waals surface area contributed by atoms with Gasteiger partial charge in [-0.2, -0.15) is 11.8 Å². The molecule has 2 N–H and O–H groups in total. The van der Waals surface area contributed by atoms with E-state index in [-0.39, 0.29) is 24.4 Å². The van der Waals surface area contributed by atoms with Crippen LogP contribution < -0.4 is 10.6 Å². The summed E-state index contributed by atoms with van der Waals surface area (Å²) < 4.78 is 0. The lowest BCUT2D eigenvalue weighted by molar-refractivity contribution is -0.123. The zero-order valence-electron chi connectivity index (χ0n) is 13.1. The predicted molar refractivity (Wildman–Crippen MR) is 93.4 cm³/mol. The fourth-order valence-corrected chi connectivity index (χ4v) is 3.81. The van der Waals surface area contributed by atoms with E-state index >= 15 is 0 Å². The summed E-state index contributed by atoms with van der Waals surface area (Å²) in [6.45, 7) is 7.66. The molecule has 2 heterocycles. The number of carbonyl (C=O) groups excluding carboxylic acids is 1. The number of likely N-dealkylation sites (tertiary alicyclic amines) is 1. The molecular formula is C15H30ClN3OS. The van der Waals surface area contributed by atoms with Crippen LogP contribution in [0.2, 0.25) is 0 Å². The van der Waals surface area contributed by atoms with Gasteiger partial charge in [0.1, 0.15) is 0 Å². The van der Waals surface area contributed by atoms with Gasteiger partial charge in [-0.15, -0.1) is 12.4 Å². The number of thioether (sulfide) groups is 1. The van der Waals surface area contributed by atoms with Gasteiger partial charge in [0.05, 0.1) is 6.04 Å². The minimum atomic E-state index is 0. The highest BCUT2D eigenvalue weighted by Crippen LogP contribution is 2.16. The second-order valence-electron chi connectivity index (χ2n) is 5.90. The van der Waals surface area contributed by atoms with Gasteiger partial charge in [0.15, 0.2) is 0 Å². The molecular weight excluding hydrogens is 306 g/mol. The van der Waals surface area contributed by atoms with E-state index in [4.69, 9.17) is 0 Å². The quantitative estimate of drug-likeness (QED) is 0.696. The average Bonchev–Trinajstić information content (AvgIpc) is 3.00. The van der Waals surface area contributed by atoms with E-state index in [1.807, 2.05) is 11.8 Å². The molecule has 4 nitrogen and oxygen atoms in total. The number of amides is 1. The van der Waals surface area contributed by atoms with E-state index in [9.17, 15) is 4.79 Å². The smallest absolute Gasteiger partial charge is 0.237 e. The summed E-state index contributed by atoms with van der Waals surface area (Å²) in [5.41, 5.74) is 0. The van der Waals surface area contributed by atoms with Crippen LogP contribution in [0.15, 0.2) is 0 Å². The number of piperidine rings is 1. The molecule has 0 spiro atoms. The lowest BCUT2D eigenvalue weighted by Crippen LogP contribution is -2.45. The SMILES string of the molecule is CCSCCN1CCCC(CNC(=O)C2CCCN2)C1.Cl. The van der Waals surface area contributed by atoms with Crippen molar-refractivity contribution in [2.45, 2.75) is 38.6 Å². The van der Waals surface area contributed by atoms with Crippen LogP contribution in [0.25, 0.3) is 0 Å². The highest BCUT2D eigenvalue weighted by atomic mass is 35.5. The second-order valence-corrected chi connectivity index (χ2v) is 7.29. The van der Waals surface area contributed by atoms with E-state index in [0.29, 0.717) is 5.92 Å². The number of hydrogen-bond donors (Lipinski definition) is 2. The molecule has 2 saturated heterocycles. The van der Waals surface area contributed by atoms with Crippen molar-refractivity contribution in [2.75, 3.05) is 44.2 Å². The largest absolute Gasteiger partial charge is 0.354 e. The number of rotatable bonds is 7. The Labute approximate surface area is 139 Å². The summed E-state index contributed by atoms with van der Waals surface area (Å²) >= 11 is 2.02. The summed E-state index contributed by atoms with van der Waals surface area (Å²) in [5, 5.41) is 6.41. The Kier molecular flexibility index (Phi) is 9.73. The molecule has 0 saturated carbocycles. The van der Waals surface area contributed by atoms with Gasteiger partial charge in [-0.05, 0) is 50.4 Å². The normalized spacial score (nSPS) is 26.3. The molecule has 2 rings (SSSR count). The van der Waals surface area contributed by atoms with E-state index in [2.05, 4.69) is 22.5 Å². The summed E-state index contributed by atoms with van der Waals surface area (Å²) in [5.74, 6) is 3.30. The molecule has 0 bridgehead atoms. The second kappa shape index (κ2) is 10.7. The number of nitrogens with zero attached hydrogens (tertiary/aromatic N) is 1. The van der Waals surface area contributed by atoms with Crippen molar-refractivity contribution in [3.05, 3.63) is 0 Å². The van der Waals surface area contributed by atoms with Crippen molar-refractivity contribution >= 4 is 30.1 Å². The maximum Gasteiger partial charge on any atom is 0.237 e. The van der Waals surface area contributed by atoms with Crippen LogP contribution in [-0.2, 0) is 4.79 Å². The molecule has 124 valence electrons. The van der Waals surface area contributed by atoms with Crippen LogP contribution in [-0.4, -0.2) is 61.1 Å². The van der Waals surface area contributed by atoms with Crippen molar-refractivity contribution in [3.8, 4) is 0 Å². The lowest BCUT2D eigenvalue weighted by Gasteiger charge is -2.32. The van der Waals surface area contributed by atoms with E-state index in [1.54, 1.807) is 0 Å². The highest BCUT2D eigenvalue weighted by Gasteiger charge is 2.24. The third kappa shape index (κ3) is 6.76. The van der Waals surface area contributed by atoms with Crippen LogP contribution in [0.3, 0.4) is 0 Å². The van der Waals surface area contributed by atoms with Gasteiger partial charge in [0, 0.05) is 25.4 Å². The summed E-state index contributed by atoms with van der Waals surface area (Å²) in [6, 6.07) is 0.0654. The Morgan fingerprint density at radius 1 is 1.38 bits per heavy atom. The van der Waals surface area contributed by atoms with Crippen LogP contribution in [0, 0.1) is 5.92 Å². The molecule has 2 unspecified atom stereocenters. The molecule has 0 radical (unpaired) electrons. The van der Waals surface area contributed by atoms with Gasteiger partial charge in [0.2, 0.25) is 5.91 Å². The third-order valence-electron chi connectivity index (χ3n) is 4.30. The maximum atomic E-state index is 12.0. The third-order valence-corrected chi connectivity index (χ3v) is 5.18. The van der Waals surface area contributed by atoms with Crippen molar-refractivity contribution in [1.29, 1.82) is 0 Å². The molecule has 2 aliphatic rings. The van der Waals surface area contributed by atoms with Crippen molar-refractivity contribution in [2.24, 2.45) is 5.92 Å². The molecule has 2 fully saturated rings. The number of hydrogen-bond acceptors (Lipinski definition) is 4. The standard InChI is InChI=1S/C15H29N3OS.ClH/c1-2-20-10-9-18-8-4-5-13(12-18)11-17-15(19)14-6-3-7-16-14;/h13-14,16H,2-12H2,1H3,(H,17,19);1H. The van der Waals surface area contributed by atoms with Crippen LogP contribution in [0.4, 0.5) is 0 Å². The van der Waals surface area contributed by atoms with Gasteiger partial charge < -0.3 is 15.5 Å². The minimum absolute atomic E-state index is 0. The molecule has 0 aliphatic carbocycles. The Balaban J connectivity index is 0.00000220. The highest BCUT2D eigenvalue weighted by molar-refractivity contribution is 7.99. The van der Waals surface area contributed by atoms with Gasteiger partial charge in [-0.1, -0.05) is 6.92 Å². The Morgan fingerprint density at radius 3 is 2.95 bits per heavy atom. The first-order valence-corrected chi connectivity index (χ1v) is 9.26. The molecule has 2 aliphatic heterocycles. The molecule has 0 aromatic rings. The van der Waals surface area contributed by atoms with Crippen molar-refractivity contribution in [1.82, 2.24) is 15.5 Å². The van der Waals surface area contributed by atoms with Gasteiger partial charge in [-0.3, -0.25) is 4.79 Å². The summed E-state index contributed by atoms with van der Waals surface area (Å²) in [7, 11) is 0. The monoisotopic (exact) mass is 335 g/mol. The summed E-state index contributed by atoms with van der Waals surface area (Å²) in [6.07, 6.45) is 4.66. The Hall–Kier alpha value is 0.0300. The van der Waals surface area contributed by atoms with E-state index in [1.165, 1.54) is 37.4 Å². The fraction of sp³-hybridized carbons (Fsp3) is 0.933. The van der Waals surface area contributed by atoms with Crippen LogP contribution >= 0.6 is 24.2 Å². The molecule has 1 amide bonds. The Morgan fingerprint density at radius 2 is 2.24 bits per heavy atom. The van der Waals surface area contributed by atoms with E-state index < -0.39 is 0 Å². The molecule has 6 heteroatoms. The molecule has 2 atom stereocenters. The van der Waals surface area contributed by atoms with Crippen molar-refractivity contribution in [3.63, 3.8) is 0 Å². The zero-order valence-corrected chi connectivity index (χ0v) is 14.7. The lowest BCUT2D eigenvalue weighted by atomic mass is 9.98. The average molecular weight is 336 g/mol. The molecule has 21 heavy (non-hydrogen) atoms. The topological polar surface area (TPSA) is 44.4 Å². The molecule has 0 aromatic heterocycles. The minimum Gasteiger partial charge on any atom is -0.354 e. The van der Waals surface area contributed by atoms with E-state index in [0.717, 1.165) is 32.5 Å². The first-order valence-electron chi connectivity index (χ1n) is 8.10. The fourth-order valence-electron chi connectivity index (χ4n) is 3.14. The number of carbonyl (C=O) groups is 1. The van der Waals surface area contributed by atoms with Gasteiger partial charge in [-0.25, -0.2) is 0 Å². The van der Waals surface area contributed by atoms with Crippen molar-refractivity contribution < 1.29 is 4.79 Å². The summed E-state index contributed by atoms with van der Waals surface area (Å²) in [4.78, 5) is 14.6. The number of nitrogens with one attached hydrogen (secondary N) is 2. The number of halogens is 1. The molecule has 0 aromatic carbocycles. The van der Waals surface area contributed by atoms with Crippen LogP contribution in [0.1, 0.15) is 32.6 Å².